The second-order valence-electron chi connectivity index (χ2n) is 4.35. The molecule has 0 aliphatic heterocycles. The Morgan fingerprint density at radius 1 is 1.22 bits per heavy atom. The number of carbonyl (C=O) groups excluding carboxylic acids is 1. The van der Waals surface area contributed by atoms with Gasteiger partial charge in [-0.3, -0.25) is 4.79 Å². The number of nitrogens with two attached hydrogens (primary N) is 2. The van der Waals surface area contributed by atoms with E-state index in [-0.39, 0.29) is 0 Å². The Morgan fingerprint density at radius 2 is 1.94 bits per heavy atom. The predicted octanol–water partition coefficient (Wildman–Crippen LogP) is 2.72. The summed E-state index contributed by atoms with van der Waals surface area (Å²) in [7, 11) is 0. The maximum atomic E-state index is 11.2. The van der Waals surface area contributed by atoms with Crippen molar-refractivity contribution < 1.29 is 9.53 Å². The highest BCUT2D eigenvalue weighted by molar-refractivity contribution is 5.97. The zero-order chi connectivity index (χ0) is 13.4. The highest BCUT2D eigenvalue weighted by atomic mass is 16.5. The molecule has 0 aliphatic carbocycles. The quantitative estimate of drug-likeness (QED) is 0.550. The average molecular weight is 250 g/mol. The number of anilines is 1. The molecule has 0 fully saturated rings. The number of benzene rings is 1. The van der Waals surface area contributed by atoms with Gasteiger partial charge in [0.05, 0.1) is 17.9 Å². The summed E-state index contributed by atoms with van der Waals surface area (Å²) >= 11 is 0. The maximum absolute atomic E-state index is 11.2. The third-order valence-corrected chi connectivity index (χ3v) is 2.81. The van der Waals surface area contributed by atoms with E-state index >= 15 is 0 Å². The maximum Gasteiger partial charge on any atom is 0.252 e. The molecule has 4 nitrogen and oxygen atoms in total. The van der Waals surface area contributed by atoms with E-state index in [4.69, 9.17) is 16.2 Å². The Balaban J connectivity index is 2.48. The molecule has 0 unspecified atom stereocenters. The summed E-state index contributed by atoms with van der Waals surface area (Å²) in [4.78, 5) is 11.2. The number of hydrogen-bond acceptors (Lipinski definition) is 3. The first-order valence-corrected chi connectivity index (χ1v) is 6.48. The van der Waals surface area contributed by atoms with Gasteiger partial charge in [-0.15, -0.1) is 0 Å². The molecular formula is C14H22N2O2. The minimum absolute atomic E-state index is 0.351. The van der Waals surface area contributed by atoms with Crippen LogP contribution >= 0.6 is 0 Å². The van der Waals surface area contributed by atoms with Gasteiger partial charge in [0.2, 0.25) is 0 Å². The van der Waals surface area contributed by atoms with Crippen LogP contribution in [0.3, 0.4) is 0 Å². The van der Waals surface area contributed by atoms with Gasteiger partial charge in [0, 0.05) is 0 Å². The number of rotatable bonds is 8. The summed E-state index contributed by atoms with van der Waals surface area (Å²) in [6.45, 7) is 2.75. The van der Waals surface area contributed by atoms with Gasteiger partial charge in [-0.05, 0) is 18.6 Å². The first-order valence-electron chi connectivity index (χ1n) is 6.48. The number of carbonyl (C=O) groups is 1. The fourth-order valence-corrected chi connectivity index (χ4v) is 1.79. The van der Waals surface area contributed by atoms with Gasteiger partial charge in [-0.25, -0.2) is 0 Å². The van der Waals surface area contributed by atoms with E-state index in [9.17, 15) is 4.79 Å². The molecule has 18 heavy (non-hydrogen) atoms. The smallest absolute Gasteiger partial charge is 0.252 e. The molecule has 4 N–H and O–H groups in total. The largest absolute Gasteiger partial charge is 0.491 e. The van der Waals surface area contributed by atoms with Crippen LogP contribution in [0.15, 0.2) is 18.2 Å². The number of amides is 1. The molecule has 4 heteroatoms. The average Bonchev–Trinajstić information content (AvgIpc) is 2.34. The van der Waals surface area contributed by atoms with Gasteiger partial charge >= 0.3 is 0 Å². The number of ether oxygens (including phenoxy) is 1. The lowest BCUT2D eigenvalue weighted by Gasteiger charge is -2.11. The van der Waals surface area contributed by atoms with Gasteiger partial charge in [0.15, 0.2) is 5.75 Å². The van der Waals surface area contributed by atoms with Crippen molar-refractivity contribution in [1.29, 1.82) is 0 Å². The monoisotopic (exact) mass is 250 g/mol. The lowest BCUT2D eigenvalue weighted by molar-refractivity contribution is 0.0996. The molecule has 0 bridgehead atoms. The second-order valence-corrected chi connectivity index (χ2v) is 4.35. The molecule has 0 saturated carbocycles. The molecule has 0 aliphatic rings. The van der Waals surface area contributed by atoms with Crippen LogP contribution in [0.25, 0.3) is 0 Å². The molecular weight excluding hydrogens is 228 g/mol. The lowest BCUT2D eigenvalue weighted by atomic mass is 10.1. The SMILES string of the molecule is CCCCCCCOc1c(N)cccc1C(N)=O. The van der Waals surface area contributed by atoms with Crippen LogP contribution in [0.2, 0.25) is 0 Å². The molecule has 0 aromatic heterocycles. The molecule has 1 rings (SSSR count). The summed E-state index contributed by atoms with van der Waals surface area (Å²) in [5.41, 5.74) is 11.9. The number of primary amides is 1. The van der Waals surface area contributed by atoms with Crippen LogP contribution in [0, 0.1) is 0 Å². The number of unbranched alkanes of at least 4 members (excludes halogenated alkanes) is 4. The van der Waals surface area contributed by atoms with Gasteiger partial charge in [0.25, 0.3) is 5.91 Å². The topological polar surface area (TPSA) is 78.3 Å². The van der Waals surface area contributed by atoms with E-state index in [1.54, 1.807) is 18.2 Å². The first kappa shape index (κ1) is 14.4. The molecule has 1 aromatic rings. The minimum atomic E-state index is -0.511. The Labute approximate surface area is 108 Å². The minimum Gasteiger partial charge on any atom is -0.491 e. The van der Waals surface area contributed by atoms with E-state index in [1.165, 1.54) is 19.3 Å². The van der Waals surface area contributed by atoms with Crippen molar-refractivity contribution in [3.05, 3.63) is 23.8 Å². The fourth-order valence-electron chi connectivity index (χ4n) is 1.79. The van der Waals surface area contributed by atoms with Crippen LogP contribution in [0.4, 0.5) is 5.69 Å². The van der Waals surface area contributed by atoms with Crippen molar-refractivity contribution in [2.45, 2.75) is 39.0 Å². The van der Waals surface area contributed by atoms with Crippen LogP contribution in [0.5, 0.6) is 5.75 Å². The highest BCUT2D eigenvalue weighted by Gasteiger charge is 2.11. The molecule has 0 heterocycles. The summed E-state index contributed by atoms with van der Waals surface area (Å²) in [5.74, 6) is -0.0937. The Hall–Kier alpha value is -1.71. The normalized spacial score (nSPS) is 10.3. The fraction of sp³-hybridized carbons (Fsp3) is 0.500. The summed E-state index contributed by atoms with van der Waals surface area (Å²) in [6.07, 6.45) is 5.78. The third kappa shape index (κ3) is 4.28. The zero-order valence-corrected chi connectivity index (χ0v) is 10.9. The lowest BCUT2D eigenvalue weighted by Crippen LogP contribution is -2.14. The first-order chi connectivity index (χ1) is 8.66. The van der Waals surface area contributed by atoms with Crippen LogP contribution in [0.1, 0.15) is 49.4 Å². The predicted molar refractivity (Wildman–Crippen MR) is 73.6 cm³/mol. The van der Waals surface area contributed by atoms with E-state index in [1.807, 2.05) is 0 Å². The summed E-state index contributed by atoms with van der Waals surface area (Å²) in [5, 5.41) is 0. The van der Waals surface area contributed by atoms with Crippen molar-refractivity contribution in [2.24, 2.45) is 5.73 Å². The van der Waals surface area contributed by atoms with Crippen molar-refractivity contribution in [1.82, 2.24) is 0 Å². The number of nitrogen functional groups attached to an aromatic ring is 1. The van der Waals surface area contributed by atoms with Crippen LogP contribution in [-0.2, 0) is 0 Å². The summed E-state index contributed by atoms with van der Waals surface area (Å²) in [6, 6.07) is 5.04. The van der Waals surface area contributed by atoms with Gasteiger partial charge in [0.1, 0.15) is 0 Å². The third-order valence-electron chi connectivity index (χ3n) is 2.81. The van der Waals surface area contributed by atoms with Crippen LogP contribution < -0.4 is 16.2 Å². The zero-order valence-electron chi connectivity index (χ0n) is 10.9. The Morgan fingerprint density at radius 3 is 2.61 bits per heavy atom. The van der Waals surface area contributed by atoms with E-state index in [0.717, 1.165) is 12.8 Å². The number of hydrogen-bond donors (Lipinski definition) is 2. The van der Waals surface area contributed by atoms with E-state index < -0.39 is 5.91 Å². The Bertz CT molecular complexity index is 391. The van der Waals surface area contributed by atoms with Crippen LogP contribution in [-0.4, -0.2) is 12.5 Å². The highest BCUT2D eigenvalue weighted by Crippen LogP contribution is 2.26. The molecule has 100 valence electrons. The van der Waals surface area contributed by atoms with Gasteiger partial charge in [-0.2, -0.15) is 0 Å². The molecule has 0 atom stereocenters. The number of para-hydroxylation sites is 1. The molecule has 1 aromatic carbocycles. The van der Waals surface area contributed by atoms with Gasteiger partial charge < -0.3 is 16.2 Å². The van der Waals surface area contributed by atoms with Crippen molar-refractivity contribution in [3.8, 4) is 5.75 Å². The second kappa shape index (κ2) is 7.58. The van der Waals surface area contributed by atoms with E-state index in [2.05, 4.69) is 6.92 Å². The van der Waals surface area contributed by atoms with E-state index in [0.29, 0.717) is 23.6 Å². The van der Waals surface area contributed by atoms with Crippen molar-refractivity contribution in [3.63, 3.8) is 0 Å². The van der Waals surface area contributed by atoms with Gasteiger partial charge in [-0.1, -0.05) is 38.7 Å². The molecule has 0 radical (unpaired) electrons. The molecule has 0 saturated heterocycles. The summed E-state index contributed by atoms with van der Waals surface area (Å²) < 4.78 is 5.58. The van der Waals surface area contributed by atoms with Crippen molar-refractivity contribution >= 4 is 11.6 Å². The molecule has 0 spiro atoms. The standard InChI is InChI=1S/C14H22N2O2/c1-2-3-4-5-6-10-18-13-11(14(16)17)8-7-9-12(13)15/h7-9H,2-6,10,15H2,1H3,(H2,16,17). The Kier molecular flexibility index (Phi) is 6.05. The molecule has 1 amide bonds. The van der Waals surface area contributed by atoms with Crippen molar-refractivity contribution in [2.75, 3.05) is 12.3 Å².